The first-order valence-electron chi connectivity index (χ1n) is 7.62. The molecule has 2 heterocycles. The summed E-state index contributed by atoms with van der Waals surface area (Å²) in [6.07, 6.45) is 0. The number of aromatic nitrogens is 2. The van der Waals surface area contributed by atoms with Crippen LogP contribution in [0.5, 0.6) is 5.88 Å². The predicted molar refractivity (Wildman–Crippen MR) is 94.8 cm³/mol. The number of methoxy groups -OCH3 is 1. The Morgan fingerprint density at radius 2 is 2.04 bits per heavy atom. The molecule has 27 heavy (non-hydrogen) atoms. The number of Topliss-reactive ketones (excluding diaryl/α,β-unsaturated/α-hetero) is 1. The van der Waals surface area contributed by atoms with Crippen LogP contribution in [0.15, 0.2) is 0 Å². The number of aromatic amines is 1. The van der Waals surface area contributed by atoms with Crippen LogP contribution in [-0.2, 0) is 4.74 Å². The van der Waals surface area contributed by atoms with Crippen molar-refractivity contribution in [2.45, 2.75) is 20.8 Å². The zero-order valence-electron chi connectivity index (χ0n) is 14.9. The topological polar surface area (TPSA) is 154 Å². The fraction of sp³-hybridized carbons (Fsp3) is 0.333. The molecule has 11 nitrogen and oxygen atoms in total. The van der Waals surface area contributed by atoms with E-state index in [0.29, 0.717) is 5.56 Å². The van der Waals surface area contributed by atoms with Gasteiger partial charge in [-0.25, -0.2) is 4.79 Å². The van der Waals surface area contributed by atoms with Gasteiger partial charge in [-0.15, -0.1) is 16.4 Å². The van der Waals surface area contributed by atoms with E-state index >= 15 is 0 Å². The smallest absolute Gasteiger partial charge is 0.362 e. The zero-order chi connectivity index (χ0) is 20.3. The van der Waals surface area contributed by atoms with E-state index in [1.54, 1.807) is 13.8 Å². The quantitative estimate of drug-likeness (QED) is 0.313. The van der Waals surface area contributed by atoms with E-state index in [-0.39, 0.29) is 33.7 Å². The van der Waals surface area contributed by atoms with Gasteiger partial charge in [0.1, 0.15) is 5.00 Å². The average molecular weight is 396 g/mol. The number of hydrogen-bond acceptors (Lipinski definition) is 9. The van der Waals surface area contributed by atoms with Crippen molar-refractivity contribution in [3.8, 4) is 5.88 Å². The van der Waals surface area contributed by atoms with Crippen LogP contribution in [-0.4, -0.2) is 46.5 Å². The van der Waals surface area contributed by atoms with E-state index in [9.17, 15) is 24.5 Å². The van der Waals surface area contributed by atoms with Gasteiger partial charge in [-0.1, -0.05) is 0 Å². The highest BCUT2D eigenvalue weighted by atomic mass is 32.1. The number of thiophene rings is 1. The lowest BCUT2D eigenvalue weighted by Crippen LogP contribution is -2.16. The molecule has 0 radical (unpaired) electrons. The lowest BCUT2D eigenvalue weighted by molar-refractivity contribution is -0.386. The maximum atomic E-state index is 12.5. The Kier molecular flexibility index (Phi) is 5.90. The average Bonchev–Trinajstić information content (AvgIpc) is 3.16. The largest absolute Gasteiger partial charge is 0.475 e. The molecule has 0 atom stereocenters. The van der Waals surface area contributed by atoms with Gasteiger partial charge in [0.25, 0.3) is 5.91 Å². The van der Waals surface area contributed by atoms with Gasteiger partial charge in [-0.05, 0) is 26.3 Å². The second-order valence-electron chi connectivity index (χ2n) is 5.20. The number of nitrogens with one attached hydrogen (secondary N) is 2. The van der Waals surface area contributed by atoms with Gasteiger partial charge in [0, 0.05) is 0 Å². The summed E-state index contributed by atoms with van der Waals surface area (Å²) in [6.45, 7) is 4.59. The molecule has 0 spiro atoms. The molecule has 0 saturated carbocycles. The Morgan fingerprint density at radius 3 is 2.56 bits per heavy atom. The summed E-state index contributed by atoms with van der Waals surface area (Å²) >= 11 is 0.881. The zero-order valence-corrected chi connectivity index (χ0v) is 15.7. The van der Waals surface area contributed by atoms with Crippen molar-refractivity contribution in [3.05, 3.63) is 31.8 Å². The molecule has 0 aromatic carbocycles. The summed E-state index contributed by atoms with van der Waals surface area (Å²) in [6, 6.07) is 0. The molecule has 144 valence electrons. The fourth-order valence-electron chi connectivity index (χ4n) is 2.34. The van der Waals surface area contributed by atoms with E-state index < -0.39 is 28.2 Å². The Hall–Kier alpha value is -3.28. The summed E-state index contributed by atoms with van der Waals surface area (Å²) in [4.78, 5) is 47.2. The molecule has 0 aliphatic rings. The van der Waals surface area contributed by atoms with E-state index in [0.717, 1.165) is 11.3 Å². The number of nitrogens with zero attached hydrogens (tertiary/aromatic N) is 2. The lowest BCUT2D eigenvalue weighted by Gasteiger charge is -2.06. The minimum Gasteiger partial charge on any atom is -0.475 e. The third kappa shape index (κ3) is 3.79. The number of rotatable bonds is 7. The van der Waals surface area contributed by atoms with Crippen molar-refractivity contribution in [3.63, 3.8) is 0 Å². The number of esters is 1. The molecule has 0 aliphatic heterocycles. The monoisotopic (exact) mass is 396 g/mol. The minimum absolute atomic E-state index is 0.0227. The molecular weight excluding hydrogens is 380 g/mol. The first kappa shape index (κ1) is 20.0. The SMILES string of the molecule is CCOC(=O)c1c(NC(=O)c2[nH]nc(OC)c2[N+](=O)[O-])sc(C(C)=O)c1C. The number of H-pyrrole nitrogens is 1. The third-order valence-corrected chi connectivity index (χ3v) is 4.79. The van der Waals surface area contributed by atoms with Crippen molar-refractivity contribution in [1.82, 2.24) is 10.2 Å². The van der Waals surface area contributed by atoms with Crippen LogP contribution in [0.4, 0.5) is 10.7 Å². The van der Waals surface area contributed by atoms with Crippen LogP contribution in [0.25, 0.3) is 0 Å². The lowest BCUT2D eigenvalue weighted by atomic mass is 10.1. The van der Waals surface area contributed by atoms with Gasteiger partial charge in [0.15, 0.2) is 5.78 Å². The fourth-order valence-corrected chi connectivity index (χ4v) is 3.43. The second-order valence-corrected chi connectivity index (χ2v) is 6.23. The summed E-state index contributed by atoms with van der Waals surface area (Å²) in [5, 5.41) is 19.5. The highest BCUT2D eigenvalue weighted by Gasteiger charge is 2.32. The number of carbonyl (C=O) groups is 3. The number of amides is 1. The van der Waals surface area contributed by atoms with Crippen molar-refractivity contribution in [1.29, 1.82) is 0 Å². The van der Waals surface area contributed by atoms with Crippen molar-refractivity contribution in [2.24, 2.45) is 0 Å². The van der Waals surface area contributed by atoms with Crippen molar-refractivity contribution >= 4 is 39.7 Å². The van der Waals surface area contributed by atoms with Gasteiger partial charge in [-0.3, -0.25) is 24.8 Å². The number of nitro groups is 1. The molecule has 0 aliphatic carbocycles. The summed E-state index contributed by atoms with van der Waals surface area (Å²) in [7, 11) is 1.17. The minimum atomic E-state index is -0.917. The molecule has 2 aromatic rings. The Morgan fingerprint density at radius 1 is 1.37 bits per heavy atom. The van der Waals surface area contributed by atoms with E-state index in [1.165, 1.54) is 14.0 Å². The molecule has 1 amide bonds. The maximum Gasteiger partial charge on any atom is 0.362 e. The van der Waals surface area contributed by atoms with Crippen LogP contribution in [0, 0.1) is 17.0 Å². The van der Waals surface area contributed by atoms with Crippen LogP contribution >= 0.6 is 11.3 Å². The van der Waals surface area contributed by atoms with E-state index in [4.69, 9.17) is 9.47 Å². The van der Waals surface area contributed by atoms with Crippen molar-refractivity contribution < 1.29 is 28.8 Å². The summed E-state index contributed by atoms with van der Waals surface area (Å²) in [5.74, 6) is -2.29. The Labute approximate surface area is 156 Å². The van der Waals surface area contributed by atoms with E-state index in [2.05, 4.69) is 15.5 Å². The number of hydrogen-bond donors (Lipinski definition) is 2. The van der Waals surface area contributed by atoms with Gasteiger partial charge in [0.2, 0.25) is 5.69 Å². The third-order valence-electron chi connectivity index (χ3n) is 3.48. The Bertz CT molecular complexity index is 931. The van der Waals surface area contributed by atoms with Crippen LogP contribution in [0.3, 0.4) is 0 Å². The van der Waals surface area contributed by atoms with Crippen molar-refractivity contribution in [2.75, 3.05) is 19.0 Å². The van der Waals surface area contributed by atoms with Gasteiger partial charge >= 0.3 is 17.5 Å². The number of ether oxygens (including phenoxy) is 2. The first-order valence-corrected chi connectivity index (χ1v) is 8.44. The van der Waals surface area contributed by atoms with Crippen LogP contribution < -0.4 is 10.1 Å². The van der Waals surface area contributed by atoms with Crippen LogP contribution in [0.1, 0.15) is 49.9 Å². The van der Waals surface area contributed by atoms with Gasteiger partial charge in [0.05, 0.1) is 29.1 Å². The molecule has 2 rings (SSSR count). The molecule has 2 aromatic heterocycles. The van der Waals surface area contributed by atoms with Gasteiger partial charge in [-0.2, -0.15) is 0 Å². The molecule has 0 fully saturated rings. The second kappa shape index (κ2) is 7.95. The number of carbonyl (C=O) groups excluding carboxylic acids is 3. The maximum absolute atomic E-state index is 12.5. The molecule has 0 saturated heterocycles. The van der Waals surface area contributed by atoms with E-state index in [1.807, 2.05) is 0 Å². The first-order chi connectivity index (χ1) is 12.7. The highest BCUT2D eigenvalue weighted by molar-refractivity contribution is 7.18. The van der Waals surface area contributed by atoms with Gasteiger partial charge < -0.3 is 14.8 Å². The molecule has 12 heteroatoms. The normalized spacial score (nSPS) is 10.4. The molecule has 0 bridgehead atoms. The highest BCUT2D eigenvalue weighted by Crippen LogP contribution is 2.35. The summed E-state index contributed by atoms with van der Waals surface area (Å²) < 4.78 is 9.73. The standard InChI is InChI=1S/C15H16N4O7S/c1-5-26-15(22)8-6(2)11(7(3)20)27-14(8)16-12(21)9-10(19(23)24)13(25-4)18-17-9/h5H2,1-4H3,(H,16,21)(H,17,18). The molecule has 0 unspecified atom stereocenters. The molecular formula is C15H16N4O7S. The Balaban J connectivity index is 2.48. The number of anilines is 1. The van der Waals surface area contributed by atoms with Crippen LogP contribution in [0.2, 0.25) is 0 Å². The predicted octanol–water partition coefficient (Wildman–Crippen LogP) is 2.33. The molecule has 2 N–H and O–H groups in total. The summed E-state index contributed by atoms with van der Waals surface area (Å²) in [5.41, 5.74) is -0.720. The number of ketones is 1.